The largest absolute Gasteiger partial charge is 0.355 e. The number of fused-ring (bicyclic) bond motifs is 1. The standard InChI is InChI=1S/C19H17ClN4O3/c1-3-24-15-8-7-12(20)10-14(15)17(25)16(23-24)19(27)22-13-6-4-5-11(9-13)18(26)21-2/h4-10H,3H2,1-2H3,(H,21,26)(H,22,27). The van der Waals surface area contributed by atoms with Gasteiger partial charge < -0.3 is 10.6 Å². The number of halogens is 1. The summed E-state index contributed by atoms with van der Waals surface area (Å²) in [6.07, 6.45) is 0. The first-order valence-corrected chi connectivity index (χ1v) is 8.66. The van der Waals surface area contributed by atoms with Crippen molar-refractivity contribution in [1.82, 2.24) is 15.1 Å². The van der Waals surface area contributed by atoms with Gasteiger partial charge in [-0.05, 0) is 43.3 Å². The van der Waals surface area contributed by atoms with Gasteiger partial charge in [0.05, 0.1) is 10.9 Å². The van der Waals surface area contributed by atoms with E-state index in [0.29, 0.717) is 33.7 Å². The Kier molecular flexibility index (Phi) is 5.23. The summed E-state index contributed by atoms with van der Waals surface area (Å²) in [6.45, 7) is 2.34. The van der Waals surface area contributed by atoms with Crippen LogP contribution in [0.4, 0.5) is 5.69 Å². The molecule has 0 aliphatic rings. The molecule has 0 saturated heterocycles. The fourth-order valence-electron chi connectivity index (χ4n) is 2.73. The number of nitrogens with one attached hydrogen (secondary N) is 2. The van der Waals surface area contributed by atoms with Crippen LogP contribution in [-0.4, -0.2) is 28.6 Å². The average molecular weight is 385 g/mol. The number of aromatic nitrogens is 2. The van der Waals surface area contributed by atoms with Crippen LogP contribution in [0.1, 0.15) is 27.8 Å². The van der Waals surface area contributed by atoms with Gasteiger partial charge in [-0.1, -0.05) is 17.7 Å². The number of hydrogen-bond donors (Lipinski definition) is 2. The molecule has 0 radical (unpaired) electrons. The van der Waals surface area contributed by atoms with Crippen LogP contribution in [0.15, 0.2) is 47.3 Å². The lowest BCUT2D eigenvalue weighted by Crippen LogP contribution is -2.27. The predicted octanol–water partition coefficient (Wildman–Crippen LogP) is 2.68. The van der Waals surface area contributed by atoms with E-state index in [-0.39, 0.29) is 11.6 Å². The van der Waals surface area contributed by atoms with Gasteiger partial charge in [0.2, 0.25) is 5.43 Å². The summed E-state index contributed by atoms with van der Waals surface area (Å²) in [6, 6.07) is 11.3. The van der Waals surface area contributed by atoms with Crippen LogP contribution in [0.3, 0.4) is 0 Å². The molecular weight excluding hydrogens is 368 g/mol. The number of nitrogens with zero attached hydrogens (tertiary/aromatic N) is 2. The average Bonchev–Trinajstić information content (AvgIpc) is 2.68. The van der Waals surface area contributed by atoms with E-state index in [0.717, 1.165) is 0 Å². The highest BCUT2D eigenvalue weighted by molar-refractivity contribution is 6.31. The molecule has 0 aliphatic carbocycles. The first-order chi connectivity index (χ1) is 12.9. The van der Waals surface area contributed by atoms with Crippen LogP contribution in [0, 0.1) is 0 Å². The van der Waals surface area contributed by atoms with Gasteiger partial charge in [-0.2, -0.15) is 5.10 Å². The summed E-state index contributed by atoms with van der Waals surface area (Å²) >= 11 is 6.00. The van der Waals surface area contributed by atoms with Crippen molar-refractivity contribution in [3.63, 3.8) is 0 Å². The van der Waals surface area contributed by atoms with Crippen molar-refractivity contribution in [1.29, 1.82) is 0 Å². The Bertz CT molecular complexity index is 1110. The molecular formula is C19H17ClN4O3. The Hall–Kier alpha value is -3.19. The van der Waals surface area contributed by atoms with Crippen molar-refractivity contribution in [3.8, 4) is 0 Å². The quantitative estimate of drug-likeness (QED) is 0.723. The van der Waals surface area contributed by atoms with E-state index in [4.69, 9.17) is 11.6 Å². The molecule has 0 saturated carbocycles. The molecule has 2 aromatic carbocycles. The minimum absolute atomic E-state index is 0.239. The topological polar surface area (TPSA) is 93.1 Å². The Morgan fingerprint density at radius 3 is 2.63 bits per heavy atom. The molecule has 0 aliphatic heterocycles. The van der Waals surface area contributed by atoms with Crippen molar-refractivity contribution in [2.75, 3.05) is 12.4 Å². The fraction of sp³-hybridized carbons (Fsp3) is 0.158. The zero-order chi connectivity index (χ0) is 19.6. The molecule has 138 valence electrons. The lowest BCUT2D eigenvalue weighted by Gasteiger charge is -2.11. The van der Waals surface area contributed by atoms with Crippen LogP contribution in [0.5, 0.6) is 0 Å². The first-order valence-electron chi connectivity index (χ1n) is 8.28. The number of hydrogen-bond acceptors (Lipinski definition) is 4. The Labute approximate surface area is 160 Å². The monoisotopic (exact) mass is 384 g/mol. The van der Waals surface area contributed by atoms with Crippen molar-refractivity contribution < 1.29 is 9.59 Å². The van der Waals surface area contributed by atoms with Gasteiger partial charge in [-0.25, -0.2) is 0 Å². The summed E-state index contributed by atoms with van der Waals surface area (Å²) in [5.74, 6) is -0.934. The molecule has 0 fully saturated rings. The molecule has 3 rings (SSSR count). The van der Waals surface area contributed by atoms with Gasteiger partial charge in [0.15, 0.2) is 5.69 Å². The highest BCUT2D eigenvalue weighted by Gasteiger charge is 2.18. The second kappa shape index (κ2) is 7.59. The van der Waals surface area contributed by atoms with Gasteiger partial charge in [0.25, 0.3) is 11.8 Å². The maximum absolute atomic E-state index is 12.7. The molecule has 0 spiro atoms. The summed E-state index contributed by atoms with van der Waals surface area (Å²) in [7, 11) is 1.52. The number of amides is 2. The van der Waals surface area contributed by atoms with Crippen LogP contribution < -0.4 is 16.1 Å². The number of aryl methyl sites for hydroxylation is 1. The Morgan fingerprint density at radius 2 is 1.93 bits per heavy atom. The first kappa shape index (κ1) is 18.6. The van der Waals surface area contributed by atoms with E-state index in [9.17, 15) is 14.4 Å². The maximum Gasteiger partial charge on any atom is 0.280 e. The van der Waals surface area contributed by atoms with Gasteiger partial charge in [-0.15, -0.1) is 0 Å². The number of carbonyl (C=O) groups is 2. The molecule has 2 amide bonds. The van der Waals surface area contributed by atoms with Crippen molar-refractivity contribution in [2.45, 2.75) is 13.5 Å². The van der Waals surface area contributed by atoms with Crippen molar-refractivity contribution >= 4 is 40.0 Å². The molecule has 1 heterocycles. The third-order valence-electron chi connectivity index (χ3n) is 4.04. The van der Waals surface area contributed by atoms with Crippen LogP contribution in [-0.2, 0) is 6.54 Å². The van der Waals surface area contributed by atoms with E-state index < -0.39 is 11.3 Å². The van der Waals surface area contributed by atoms with E-state index in [1.54, 1.807) is 35.0 Å². The molecule has 0 unspecified atom stereocenters. The maximum atomic E-state index is 12.7. The molecule has 0 atom stereocenters. The summed E-state index contributed by atoms with van der Waals surface area (Å²) in [4.78, 5) is 37.1. The third-order valence-corrected chi connectivity index (χ3v) is 4.28. The minimum atomic E-state index is -0.655. The molecule has 3 aromatic rings. The van der Waals surface area contributed by atoms with E-state index >= 15 is 0 Å². The van der Waals surface area contributed by atoms with E-state index in [1.165, 1.54) is 19.2 Å². The highest BCUT2D eigenvalue weighted by Crippen LogP contribution is 2.17. The number of carbonyl (C=O) groups excluding carboxylic acids is 2. The van der Waals surface area contributed by atoms with Gasteiger partial charge in [-0.3, -0.25) is 19.1 Å². The zero-order valence-electron chi connectivity index (χ0n) is 14.7. The minimum Gasteiger partial charge on any atom is -0.355 e. The predicted molar refractivity (Wildman–Crippen MR) is 104 cm³/mol. The van der Waals surface area contributed by atoms with E-state index in [1.807, 2.05) is 6.92 Å². The lowest BCUT2D eigenvalue weighted by molar-refractivity contribution is 0.0961. The third kappa shape index (κ3) is 3.68. The van der Waals surface area contributed by atoms with Crippen molar-refractivity contribution in [2.24, 2.45) is 0 Å². The molecule has 8 heteroatoms. The van der Waals surface area contributed by atoms with Crippen LogP contribution in [0.2, 0.25) is 5.02 Å². The highest BCUT2D eigenvalue weighted by atomic mass is 35.5. The molecule has 0 bridgehead atoms. The molecule has 7 nitrogen and oxygen atoms in total. The zero-order valence-corrected chi connectivity index (χ0v) is 15.5. The van der Waals surface area contributed by atoms with Gasteiger partial charge in [0, 0.05) is 29.9 Å². The van der Waals surface area contributed by atoms with Crippen LogP contribution >= 0.6 is 11.6 Å². The summed E-state index contributed by atoms with van der Waals surface area (Å²) in [5.41, 5.74) is 0.634. The smallest absolute Gasteiger partial charge is 0.280 e. The Morgan fingerprint density at radius 1 is 1.15 bits per heavy atom. The number of benzene rings is 2. The Balaban J connectivity index is 2.02. The summed E-state index contributed by atoms with van der Waals surface area (Å²) in [5, 5.41) is 10.0. The van der Waals surface area contributed by atoms with Gasteiger partial charge >= 0.3 is 0 Å². The number of anilines is 1. The lowest BCUT2D eigenvalue weighted by atomic mass is 10.1. The van der Waals surface area contributed by atoms with Gasteiger partial charge in [0.1, 0.15) is 0 Å². The molecule has 2 N–H and O–H groups in total. The van der Waals surface area contributed by atoms with Crippen molar-refractivity contribution in [3.05, 3.63) is 69.0 Å². The number of rotatable bonds is 4. The normalized spacial score (nSPS) is 10.6. The molecule has 1 aromatic heterocycles. The SMILES string of the molecule is CCn1nc(C(=O)Nc2cccc(C(=O)NC)c2)c(=O)c2cc(Cl)ccc21. The van der Waals surface area contributed by atoms with Crippen LogP contribution in [0.25, 0.3) is 10.9 Å². The second-order valence-electron chi connectivity index (χ2n) is 5.77. The van der Waals surface area contributed by atoms with E-state index in [2.05, 4.69) is 15.7 Å². The molecule has 27 heavy (non-hydrogen) atoms. The summed E-state index contributed by atoms with van der Waals surface area (Å²) < 4.78 is 1.57. The fourth-order valence-corrected chi connectivity index (χ4v) is 2.90. The second-order valence-corrected chi connectivity index (χ2v) is 6.21.